The van der Waals surface area contributed by atoms with E-state index in [1.807, 2.05) is 29.3 Å². The van der Waals surface area contributed by atoms with Gasteiger partial charge < -0.3 is 14.8 Å². The number of anilines is 1. The van der Waals surface area contributed by atoms with E-state index in [1.165, 1.54) is 17.7 Å². The molecule has 31 heavy (non-hydrogen) atoms. The quantitative estimate of drug-likeness (QED) is 0.428. The average molecular weight is 411 g/mol. The molecule has 3 aromatic carbocycles. The van der Waals surface area contributed by atoms with Crippen LogP contribution in [0.4, 0.5) is 14.9 Å². The second-order valence-corrected chi connectivity index (χ2v) is 7.81. The van der Waals surface area contributed by atoms with Crippen LogP contribution in [0, 0.1) is 12.7 Å². The first-order valence-electron chi connectivity index (χ1n) is 10.3. The summed E-state index contributed by atoms with van der Waals surface area (Å²) in [4.78, 5) is 15.3. The van der Waals surface area contributed by atoms with Gasteiger partial charge in [0.25, 0.3) is 0 Å². The van der Waals surface area contributed by atoms with Gasteiger partial charge in [0.05, 0.1) is 18.3 Å². The lowest BCUT2D eigenvalue weighted by atomic mass is 10.0. The summed E-state index contributed by atoms with van der Waals surface area (Å²) in [6, 6.07) is 25.8. The van der Waals surface area contributed by atoms with E-state index in [9.17, 15) is 9.18 Å². The number of carbonyl (C=O) groups is 1. The van der Waals surface area contributed by atoms with Gasteiger partial charge in [0.1, 0.15) is 5.82 Å². The molecule has 1 aromatic heterocycles. The van der Waals surface area contributed by atoms with Crippen LogP contribution in [0.2, 0.25) is 0 Å². The van der Waals surface area contributed by atoms with Crippen LogP contribution in [-0.2, 0) is 6.54 Å². The maximum absolute atomic E-state index is 13.5. The molecule has 5 heteroatoms. The Morgan fingerprint density at radius 3 is 2.45 bits per heavy atom. The average Bonchev–Trinajstić information content (AvgIpc) is 3.20. The number of hydrogen-bond acceptors (Lipinski definition) is 1. The second-order valence-electron chi connectivity index (χ2n) is 7.81. The van der Waals surface area contributed by atoms with E-state index in [2.05, 4.69) is 59.3 Å². The molecule has 0 radical (unpaired) electrons. The SMILES string of the molecule is Cc1ccc([C@@H]2c3cccn3-c3ccccc3CN2C(=O)Nc2ccc(F)cc2)cc1. The Kier molecular flexibility index (Phi) is 4.79. The van der Waals surface area contributed by atoms with E-state index in [0.717, 1.165) is 22.5 Å². The second kappa shape index (κ2) is 7.76. The minimum Gasteiger partial charge on any atom is -0.318 e. The summed E-state index contributed by atoms with van der Waals surface area (Å²) < 4.78 is 15.5. The largest absolute Gasteiger partial charge is 0.322 e. The predicted molar refractivity (Wildman–Crippen MR) is 120 cm³/mol. The number of nitrogens with zero attached hydrogens (tertiary/aromatic N) is 2. The van der Waals surface area contributed by atoms with Crippen molar-refractivity contribution in [1.82, 2.24) is 9.47 Å². The Bertz CT molecular complexity index is 1230. The Hall–Kier alpha value is -3.86. The van der Waals surface area contributed by atoms with Crippen LogP contribution in [-0.4, -0.2) is 15.5 Å². The summed E-state index contributed by atoms with van der Waals surface area (Å²) in [5, 5.41) is 2.94. The Balaban J connectivity index is 1.62. The lowest BCUT2D eigenvalue weighted by molar-refractivity contribution is 0.194. The number of benzene rings is 3. The number of amides is 2. The monoisotopic (exact) mass is 411 g/mol. The van der Waals surface area contributed by atoms with Crippen molar-refractivity contribution < 1.29 is 9.18 Å². The van der Waals surface area contributed by atoms with Crippen LogP contribution in [0.25, 0.3) is 5.69 Å². The lowest BCUT2D eigenvalue weighted by Crippen LogP contribution is -2.37. The van der Waals surface area contributed by atoms with E-state index < -0.39 is 0 Å². The molecule has 4 nitrogen and oxygen atoms in total. The number of nitrogens with one attached hydrogen (secondary N) is 1. The summed E-state index contributed by atoms with van der Waals surface area (Å²) in [5.74, 6) is -0.336. The van der Waals surface area contributed by atoms with Crippen LogP contribution in [0.15, 0.2) is 91.1 Å². The summed E-state index contributed by atoms with van der Waals surface area (Å²) >= 11 is 0. The number of urea groups is 1. The number of fused-ring (bicyclic) bond motifs is 3. The van der Waals surface area contributed by atoms with Crippen molar-refractivity contribution in [3.63, 3.8) is 0 Å². The fourth-order valence-corrected chi connectivity index (χ4v) is 4.17. The first kappa shape index (κ1) is 19.1. The summed E-state index contributed by atoms with van der Waals surface area (Å²) in [7, 11) is 0. The van der Waals surface area contributed by atoms with E-state index in [4.69, 9.17) is 0 Å². The van der Waals surface area contributed by atoms with Gasteiger partial charge in [-0.2, -0.15) is 0 Å². The van der Waals surface area contributed by atoms with Crippen LogP contribution >= 0.6 is 0 Å². The number of rotatable bonds is 2. The zero-order valence-electron chi connectivity index (χ0n) is 17.1. The van der Waals surface area contributed by atoms with Gasteiger partial charge in [0, 0.05) is 17.6 Å². The third-order valence-electron chi connectivity index (χ3n) is 5.71. The van der Waals surface area contributed by atoms with Crippen molar-refractivity contribution in [1.29, 1.82) is 0 Å². The van der Waals surface area contributed by atoms with Gasteiger partial charge in [-0.05, 0) is 60.5 Å². The van der Waals surface area contributed by atoms with Crippen molar-refractivity contribution in [2.45, 2.75) is 19.5 Å². The van der Waals surface area contributed by atoms with E-state index in [-0.39, 0.29) is 17.9 Å². The molecule has 0 fully saturated rings. The minimum atomic E-state index is -0.336. The zero-order chi connectivity index (χ0) is 21.4. The van der Waals surface area contributed by atoms with Crippen LogP contribution in [0.5, 0.6) is 0 Å². The maximum Gasteiger partial charge on any atom is 0.322 e. The van der Waals surface area contributed by atoms with Gasteiger partial charge in [-0.3, -0.25) is 0 Å². The van der Waals surface area contributed by atoms with Gasteiger partial charge in [-0.15, -0.1) is 0 Å². The molecule has 2 heterocycles. The molecule has 0 saturated carbocycles. The fourth-order valence-electron chi connectivity index (χ4n) is 4.17. The van der Waals surface area contributed by atoms with Gasteiger partial charge in [0.2, 0.25) is 0 Å². The van der Waals surface area contributed by atoms with Gasteiger partial charge in [-0.1, -0.05) is 48.0 Å². The highest BCUT2D eigenvalue weighted by atomic mass is 19.1. The molecule has 1 aliphatic rings. The molecule has 5 rings (SSSR count). The van der Waals surface area contributed by atoms with Crippen LogP contribution < -0.4 is 5.32 Å². The first-order chi connectivity index (χ1) is 15.1. The molecule has 0 bridgehead atoms. The number of aryl methyl sites for hydroxylation is 1. The third-order valence-corrected chi connectivity index (χ3v) is 5.71. The molecular formula is C26H22FN3O. The Morgan fingerprint density at radius 2 is 1.68 bits per heavy atom. The number of hydrogen-bond donors (Lipinski definition) is 1. The van der Waals surface area contributed by atoms with E-state index in [0.29, 0.717) is 12.2 Å². The molecule has 1 atom stereocenters. The molecule has 2 amide bonds. The first-order valence-corrected chi connectivity index (χ1v) is 10.3. The number of halogens is 1. The summed E-state index contributed by atoms with van der Waals surface area (Å²) in [6.07, 6.45) is 2.04. The van der Waals surface area contributed by atoms with E-state index in [1.54, 1.807) is 12.1 Å². The summed E-state index contributed by atoms with van der Waals surface area (Å²) in [5.41, 5.74) is 5.90. The molecular weight excluding hydrogens is 389 g/mol. The fraction of sp³-hybridized carbons (Fsp3) is 0.115. The maximum atomic E-state index is 13.5. The van der Waals surface area contributed by atoms with Gasteiger partial charge in [0.15, 0.2) is 0 Å². The van der Waals surface area contributed by atoms with E-state index >= 15 is 0 Å². The molecule has 0 spiro atoms. The van der Waals surface area contributed by atoms with Crippen molar-refractivity contribution in [3.05, 3.63) is 119 Å². The standard InChI is InChI=1S/C26H22FN3O/c1-18-8-10-19(11-9-18)25-24-7-4-16-29(24)23-6-3-2-5-20(23)17-30(25)26(31)28-22-14-12-21(27)13-15-22/h2-16,25H,17H2,1H3,(H,28,31)/t25-/m1/s1. The number of aromatic nitrogens is 1. The van der Waals surface area contributed by atoms with Gasteiger partial charge >= 0.3 is 6.03 Å². The van der Waals surface area contributed by atoms with Gasteiger partial charge in [-0.25, -0.2) is 9.18 Å². The summed E-state index contributed by atoms with van der Waals surface area (Å²) in [6.45, 7) is 2.50. The third kappa shape index (κ3) is 3.59. The highest BCUT2D eigenvalue weighted by Crippen LogP contribution is 2.37. The predicted octanol–water partition coefficient (Wildman–Crippen LogP) is 6.06. The van der Waals surface area contributed by atoms with Crippen molar-refractivity contribution in [2.75, 3.05) is 5.32 Å². The molecule has 4 aromatic rings. The van der Waals surface area contributed by atoms with Crippen molar-refractivity contribution >= 4 is 11.7 Å². The number of carbonyl (C=O) groups excluding carboxylic acids is 1. The Morgan fingerprint density at radius 1 is 0.935 bits per heavy atom. The molecule has 1 aliphatic heterocycles. The van der Waals surface area contributed by atoms with Crippen LogP contribution in [0.3, 0.4) is 0 Å². The molecule has 1 N–H and O–H groups in total. The highest BCUT2D eigenvalue weighted by molar-refractivity contribution is 5.90. The molecule has 0 aliphatic carbocycles. The molecule has 0 unspecified atom stereocenters. The topological polar surface area (TPSA) is 37.3 Å². The van der Waals surface area contributed by atoms with Crippen LogP contribution in [0.1, 0.15) is 28.4 Å². The highest BCUT2D eigenvalue weighted by Gasteiger charge is 2.32. The van der Waals surface area contributed by atoms with Crippen molar-refractivity contribution in [2.24, 2.45) is 0 Å². The van der Waals surface area contributed by atoms with Crippen molar-refractivity contribution in [3.8, 4) is 5.69 Å². The zero-order valence-corrected chi connectivity index (χ0v) is 17.1. The smallest absolute Gasteiger partial charge is 0.318 e. The Labute approximate surface area is 180 Å². The molecule has 0 saturated heterocycles. The number of para-hydroxylation sites is 1. The normalized spacial score (nSPS) is 15.0. The lowest BCUT2D eigenvalue weighted by Gasteiger charge is -2.31. The molecule has 154 valence electrons. The minimum absolute atomic E-state index is 0.235.